The Bertz CT molecular complexity index is 357. The van der Waals surface area contributed by atoms with Crippen LogP contribution in [0.1, 0.15) is 40.5 Å². The molecule has 0 aromatic carbocycles. The second kappa shape index (κ2) is 6.66. The van der Waals surface area contributed by atoms with E-state index in [1.54, 1.807) is 11.8 Å². The van der Waals surface area contributed by atoms with E-state index in [0.29, 0.717) is 32.5 Å². The van der Waals surface area contributed by atoms with Crippen LogP contribution in [0.15, 0.2) is 0 Å². The molecule has 6 heteroatoms. The zero-order valence-electron chi connectivity index (χ0n) is 12.7. The van der Waals surface area contributed by atoms with Crippen LogP contribution in [-0.2, 0) is 14.3 Å². The van der Waals surface area contributed by atoms with Gasteiger partial charge in [-0.15, -0.1) is 11.6 Å². The van der Waals surface area contributed by atoms with Gasteiger partial charge >= 0.3 is 12.1 Å². The van der Waals surface area contributed by atoms with E-state index >= 15 is 0 Å². The molecule has 0 aromatic heterocycles. The molecule has 0 radical (unpaired) electrons. The maximum Gasteiger partial charge on any atom is 0.410 e. The molecule has 5 nitrogen and oxygen atoms in total. The minimum Gasteiger partial charge on any atom is -0.466 e. The molecule has 0 bridgehead atoms. The SMILES string of the molecule is CCOC(=O)C1(CCl)CCN(C(=O)OC(C)(C)C)CC1. The van der Waals surface area contributed by atoms with Gasteiger partial charge in [-0.3, -0.25) is 4.79 Å². The largest absolute Gasteiger partial charge is 0.466 e. The second-order valence-corrected chi connectivity index (χ2v) is 6.37. The molecule has 0 N–H and O–H groups in total. The number of likely N-dealkylation sites (tertiary alicyclic amines) is 1. The van der Waals surface area contributed by atoms with Crippen molar-refractivity contribution in [3.63, 3.8) is 0 Å². The third-order valence-electron chi connectivity index (χ3n) is 3.34. The van der Waals surface area contributed by atoms with Crippen LogP contribution in [0.4, 0.5) is 4.79 Å². The van der Waals surface area contributed by atoms with E-state index in [9.17, 15) is 9.59 Å². The summed E-state index contributed by atoms with van der Waals surface area (Å²) in [7, 11) is 0. The smallest absolute Gasteiger partial charge is 0.410 e. The van der Waals surface area contributed by atoms with Gasteiger partial charge in [-0.25, -0.2) is 4.79 Å². The number of carbonyl (C=O) groups is 2. The summed E-state index contributed by atoms with van der Waals surface area (Å²) >= 11 is 5.97. The van der Waals surface area contributed by atoms with Crippen LogP contribution in [0.2, 0.25) is 0 Å². The molecular formula is C14H24ClNO4. The fourth-order valence-corrected chi connectivity index (χ4v) is 2.50. The van der Waals surface area contributed by atoms with Crippen LogP contribution < -0.4 is 0 Å². The molecule has 1 rings (SSSR count). The number of rotatable bonds is 3. The zero-order chi connectivity index (χ0) is 15.4. The molecule has 0 aromatic rings. The highest BCUT2D eigenvalue weighted by molar-refractivity contribution is 6.19. The zero-order valence-corrected chi connectivity index (χ0v) is 13.5. The number of hydrogen-bond donors (Lipinski definition) is 0. The molecule has 1 heterocycles. The number of alkyl halides is 1. The highest BCUT2D eigenvalue weighted by atomic mass is 35.5. The van der Waals surface area contributed by atoms with Gasteiger partial charge in [0.2, 0.25) is 0 Å². The van der Waals surface area contributed by atoms with Crippen molar-refractivity contribution in [1.82, 2.24) is 4.90 Å². The molecule has 1 aliphatic heterocycles. The van der Waals surface area contributed by atoms with E-state index in [1.807, 2.05) is 20.8 Å². The van der Waals surface area contributed by atoms with E-state index in [-0.39, 0.29) is 17.9 Å². The second-order valence-electron chi connectivity index (χ2n) is 6.10. The van der Waals surface area contributed by atoms with Gasteiger partial charge in [-0.05, 0) is 40.5 Å². The molecule has 1 aliphatic rings. The lowest BCUT2D eigenvalue weighted by Gasteiger charge is -2.39. The number of nitrogens with zero attached hydrogens (tertiary/aromatic N) is 1. The number of hydrogen-bond acceptors (Lipinski definition) is 4. The Kier molecular flexibility index (Phi) is 5.68. The van der Waals surface area contributed by atoms with Crippen molar-refractivity contribution in [2.75, 3.05) is 25.6 Å². The van der Waals surface area contributed by atoms with Gasteiger partial charge in [0.25, 0.3) is 0 Å². The summed E-state index contributed by atoms with van der Waals surface area (Å²) in [6.45, 7) is 8.52. The Hall–Kier alpha value is -0.970. The number of piperidine rings is 1. The maximum atomic E-state index is 12.0. The average Bonchev–Trinajstić information content (AvgIpc) is 2.37. The summed E-state index contributed by atoms with van der Waals surface area (Å²) in [6, 6.07) is 0. The molecule has 1 amide bonds. The van der Waals surface area contributed by atoms with Crippen molar-refractivity contribution in [2.24, 2.45) is 5.41 Å². The predicted octanol–water partition coefficient (Wildman–Crippen LogP) is 2.81. The molecule has 0 unspecified atom stereocenters. The summed E-state index contributed by atoms with van der Waals surface area (Å²) in [5.41, 5.74) is -1.19. The Morgan fingerprint density at radius 1 is 1.25 bits per heavy atom. The summed E-state index contributed by atoms with van der Waals surface area (Å²) < 4.78 is 10.4. The van der Waals surface area contributed by atoms with E-state index in [0.717, 1.165) is 0 Å². The van der Waals surface area contributed by atoms with Crippen LogP contribution in [0, 0.1) is 5.41 Å². The molecule has 0 aliphatic carbocycles. The Balaban J connectivity index is 2.61. The molecule has 116 valence electrons. The van der Waals surface area contributed by atoms with Gasteiger partial charge in [-0.1, -0.05) is 0 Å². The lowest BCUT2D eigenvalue weighted by Crippen LogP contribution is -2.49. The minimum absolute atomic E-state index is 0.216. The van der Waals surface area contributed by atoms with Gasteiger partial charge < -0.3 is 14.4 Å². The van der Waals surface area contributed by atoms with E-state index in [1.165, 1.54) is 0 Å². The summed E-state index contributed by atoms with van der Waals surface area (Å²) in [4.78, 5) is 25.6. The first-order valence-corrected chi connectivity index (χ1v) is 7.48. The summed E-state index contributed by atoms with van der Waals surface area (Å²) in [5, 5.41) is 0. The van der Waals surface area contributed by atoms with Gasteiger partial charge in [0.15, 0.2) is 0 Å². The molecule has 0 atom stereocenters. The van der Waals surface area contributed by atoms with E-state index < -0.39 is 11.0 Å². The quantitative estimate of drug-likeness (QED) is 0.594. The van der Waals surface area contributed by atoms with Crippen molar-refractivity contribution in [1.29, 1.82) is 0 Å². The monoisotopic (exact) mass is 305 g/mol. The minimum atomic E-state index is -0.671. The Morgan fingerprint density at radius 3 is 2.20 bits per heavy atom. The van der Waals surface area contributed by atoms with Gasteiger partial charge in [0.1, 0.15) is 5.60 Å². The normalized spacial score (nSPS) is 18.6. The Labute approximate surface area is 125 Å². The molecule has 0 spiro atoms. The first kappa shape index (κ1) is 17.1. The molecule has 20 heavy (non-hydrogen) atoms. The van der Waals surface area contributed by atoms with Crippen LogP contribution in [-0.4, -0.2) is 48.1 Å². The molecule has 1 fully saturated rings. The highest BCUT2D eigenvalue weighted by Crippen LogP contribution is 2.34. The average molecular weight is 306 g/mol. The van der Waals surface area contributed by atoms with Crippen molar-refractivity contribution in [2.45, 2.75) is 46.1 Å². The van der Waals surface area contributed by atoms with Crippen LogP contribution in [0.3, 0.4) is 0 Å². The van der Waals surface area contributed by atoms with Crippen molar-refractivity contribution >= 4 is 23.7 Å². The van der Waals surface area contributed by atoms with E-state index in [4.69, 9.17) is 21.1 Å². The van der Waals surface area contributed by atoms with E-state index in [2.05, 4.69) is 0 Å². The lowest BCUT2D eigenvalue weighted by molar-refractivity contribution is -0.156. The summed E-state index contributed by atoms with van der Waals surface area (Å²) in [6.07, 6.45) is 0.674. The van der Waals surface area contributed by atoms with Crippen molar-refractivity contribution in [3.05, 3.63) is 0 Å². The number of carbonyl (C=O) groups excluding carboxylic acids is 2. The number of amides is 1. The highest BCUT2D eigenvalue weighted by Gasteiger charge is 2.43. The standard InChI is InChI=1S/C14H24ClNO4/c1-5-19-11(17)14(10-15)6-8-16(9-7-14)12(18)20-13(2,3)4/h5-10H2,1-4H3. The van der Waals surface area contributed by atoms with Crippen molar-refractivity contribution < 1.29 is 19.1 Å². The van der Waals surface area contributed by atoms with Crippen LogP contribution in [0.5, 0.6) is 0 Å². The lowest BCUT2D eigenvalue weighted by atomic mass is 9.80. The first-order valence-electron chi connectivity index (χ1n) is 6.95. The summed E-state index contributed by atoms with van der Waals surface area (Å²) in [5.74, 6) is -0.0487. The van der Waals surface area contributed by atoms with Gasteiger partial charge in [0.05, 0.1) is 12.0 Å². The number of halogens is 1. The molecule has 0 saturated carbocycles. The third-order valence-corrected chi connectivity index (χ3v) is 3.85. The van der Waals surface area contributed by atoms with Crippen molar-refractivity contribution in [3.8, 4) is 0 Å². The first-order chi connectivity index (χ1) is 9.24. The molecular weight excluding hydrogens is 282 g/mol. The van der Waals surface area contributed by atoms with Crippen LogP contribution in [0.25, 0.3) is 0 Å². The number of ether oxygens (including phenoxy) is 2. The fraction of sp³-hybridized carbons (Fsp3) is 0.857. The molecule has 1 saturated heterocycles. The van der Waals surface area contributed by atoms with Gasteiger partial charge in [-0.2, -0.15) is 0 Å². The Morgan fingerprint density at radius 2 is 1.80 bits per heavy atom. The third kappa shape index (κ3) is 4.27. The predicted molar refractivity (Wildman–Crippen MR) is 76.8 cm³/mol. The van der Waals surface area contributed by atoms with Gasteiger partial charge in [0, 0.05) is 19.0 Å². The fourth-order valence-electron chi connectivity index (χ4n) is 2.12. The maximum absolute atomic E-state index is 12.0. The van der Waals surface area contributed by atoms with Crippen LogP contribution >= 0.6 is 11.6 Å². The number of esters is 1. The topological polar surface area (TPSA) is 55.8 Å².